The van der Waals surface area contributed by atoms with Crippen LogP contribution in [0, 0.1) is 11.3 Å². The van der Waals surface area contributed by atoms with E-state index in [-0.39, 0.29) is 12.4 Å². The average molecular weight is 339 g/mol. The van der Waals surface area contributed by atoms with E-state index in [0.29, 0.717) is 22.7 Å². The highest BCUT2D eigenvalue weighted by atomic mass is 16.5. The second-order valence-electron chi connectivity index (χ2n) is 4.68. The Labute approximate surface area is 147 Å². The highest BCUT2D eigenvalue weighted by molar-refractivity contribution is 6.00. The summed E-state index contributed by atoms with van der Waals surface area (Å²) in [7, 11) is 0. The van der Waals surface area contributed by atoms with Crippen LogP contribution in [0.3, 0.4) is 0 Å². The first-order chi connectivity index (χ1) is 12.1. The van der Waals surface area contributed by atoms with E-state index in [1.54, 1.807) is 48.5 Å². The van der Waals surface area contributed by atoms with Crippen molar-refractivity contribution in [1.82, 2.24) is 0 Å². The van der Waals surface area contributed by atoms with E-state index in [2.05, 4.69) is 10.6 Å². The lowest BCUT2D eigenvalue weighted by Crippen LogP contribution is -2.19. The van der Waals surface area contributed by atoms with Crippen molar-refractivity contribution in [2.75, 3.05) is 17.2 Å². The van der Waals surface area contributed by atoms with Crippen LogP contribution in [-0.4, -0.2) is 18.4 Å². The summed E-state index contributed by atoms with van der Waals surface area (Å²) >= 11 is 0. The molecule has 2 rings (SSSR count). The maximum Gasteiger partial charge on any atom is 0.323 e. The van der Waals surface area contributed by atoms with Gasteiger partial charge >= 0.3 is 6.03 Å². The Hall–Kier alpha value is -3.33. The van der Waals surface area contributed by atoms with Gasteiger partial charge in [-0.2, -0.15) is 5.26 Å². The summed E-state index contributed by atoms with van der Waals surface area (Å²) in [5.74, 6) is 0.525. The predicted molar refractivity (Wildman–Crippen MR) is 98.0 cm³/mol. The molecule has 0 aliphatic carbocycles. The van der Waals surface area contributed by atoms with Crippen LogP contribution in [0.25, 0.3) is 0 Å². The summed E-state index contributed by atoms with van der Waals surface area (Å²) in [6.45, 7) is 5.46. The van der Waals surface area contributed by atoms with E-state index in [1.165, 1.54) is 6.92 Å². The van der Waals surface area contributed by atoms with Crippen molar-refractivity contribution in [2.45, 2.75) is 20.8 Å². The second kappa shape index (κ2) is 10.4. The quantitative estimate of drug-likeness (QED) is 0.787. The Bertz CT molecular complexity index is 732. The van der Waals surface area contributed by atoms with E-state index < -0.39 is 6.03 Å². The fourth-order valence-corrected chi connectivity index (χ4v) is 1.83. The molecule has 0 radical (unpaired) electrons. The molecule has 0 saturated carbocycles. The van der Waals surface area contributed by atoms with Crippen molar-refractivity contribution in [3.63, 3.8) is 0 Å². The van der Waals surface area contributed by atoms with Crippen molar-refractivity contribution in [3.05, 3.63) is 54.1 Å². The van der Waals surface area contributed by atoms with Gasteiger partial charge in [-0.3, -0.25) is 4.79 Å². The molecular weight excluding hydrogens is 318 g/mol. The number of nitrogens with zero attached hydrogens (tertiary/aromatic N) is 1. The number of hydrogen-bond donors (Lipinski definition) is 2. The van der Waals surface area contributed by atoms with E-state index >= 15 is 0 Å². The van der Waals surface area contributed by atoms with Crippen molar-refractivity contribution in [3.8, 4) is 11.8 Å². The van der Waals surface area contributed by atoms with Crippen molar-refractivity contribution in [2.24, 2.45) is 0 Å². The first-order valence-corrected chi connectivity index (χ1v) is 7.87. The van der Waals surface area contributed by atoms with Gasteiger partial charge in [0.15, 0.2) is 12.4 Å². The lowest BCUT2D eigenvalue weighted by molar-refractivity contribution is 0.101. The van der Waals surface area contributed by atoms with Crippen LogP contribution in [0.1, 0.15) is 31.1 Å². The smallest absolute Gasteiger partial charge is 0.323 e. The van der Waals surface area contributed by atoms with Gasteiger partial charge in [-0.05, 0) is 55.5 Å². The predicted octanol–water partition coefficient (Wildman–Crippen LogP) is 4.46. The topological polar surface area (TPSA) is 91.2 Å². The number of amides is 2. The Morgan fingerprint density at radius 2 is 1.44 bits per heavy atom. The third-order valence-electron chi connectivity index (χ3n) is 2.96. The number of ether oxygens (including phenoxy) is 1. The molecule has 2 aromatic rings. The standard InChI is InChI=1S/C17H15N3O3.C2H6/c1-12(21)13-2-4-14(5-3-13)19-17(22)20-15-6-8-16(9-7-15)23-11-10-18;1-2/h2-9H,11H2,1H3,(H2,19,20,22);1-2H3. The first kappa shape index (κ1) is 19.7. The van der Waals surface area contributed by atoms with Crippen molar-refractivity contribution in [1.29, 1.82) is 5.26 Å². The van der Waals surface area contributed by atoms with Crippen LogP contribution in [-0.2, 0) is 0 Å². The molecular formula is C19H21N3O3. The van der Waals surface area contributed by atoms with Gasteiger partial charge in [-0.15, -0.1) is 0 Å². The molecule has 0 fully saturated rings. The molecule has 2 aromatic carbocycles. The number of hydrogen-bond acceptors (Lipinski definition) is 4. The minimum absolute atomic E-state index is 0.0243. The van der Waals surface area contributed by atoms with Crippen LogP contribution < -0.4 is 15.4 Å². The third kappa shape index (κ3) is 6.75. The lowest BCUT2D eigenvalue weighted by Gasteiger charge is -2.09. The number of rotatable bonds is 5. The molecule has 25 heavy (non-hydrogen) atoms. The number of nitriles is 1. The van der Waals surface area contributed by atoms with Gasteiger partial charge in [0, 0.05) is 16.9 Å². The van der Waals surface area contributed by atoms with E-state index in [9.17, 15) is 9.59 Å². The minimum Gasteiger partial charge on any atom is -0.479 e. The van der Waals surface area contributed by atoms with Gasteiger partial charge in [0.2, 0.25) is 0 Å². The number of anilines is 2. The van der Waals surface area contributed by atoms with E-state index in [0.717, 1.165) is 0 Å². The molecule has 0 aliphatic rings. The van der Waals surface area contributed by atoms with Gasteiger partial charge in [0.1, 0.15) is 11.8 Å². The Morgan fingerprint density at radius 1 is 0.960 bits per heavy atom. The van der Waals surface area contributed by atoms with Crippen LogP contribution in [0.15, 0.2) is 48.5 Å². The molecule has 0 bridgehead atoms. The third-order valence-corrected chi connectivity index (χ3v) is 2.96. The summed E-state index contributed by atoms with van der Waals surface area (Å²) in [5.41, 5.74) is 1.76. The largest absolute Gasteiger partial charge is 0.479 e. The van der Waals surface area contributed by atoms with Crippen LogP contribution in [0.5, 0.6) is 5.75 Å². The highest BCUT2D eigenvalue weighted by Gasteiger charge is 2.04. The maximum atomic E-state index is 11.9. The molecule has 0 aromatic heterocycles. The van der Waals surface area contributed by atoms with Crippen LogP contribution >= 0.6 is 0 Å². The summed E-state index contributed by atoms with van der Waals surface area (Å²) in [6.07, 6.45) is 0. The number of benzene rings is 2. The number of carbonyl (C=O) groups excluding carboxylic acids is 2. The molecule has 2 N–H and O–H groups in total. The van der Waals surface area contributed by atoms with Gasteiger partial charge in [-0.1, -0.05) is 13.8 Å². The summed E-state index contributed by atoms with van der Waals surface area (Å²) in [5, 5.41) is 13.8. The monoisotopic (exact) mass is 339 g/mol. The van der Waals surface area contributed by atoms with E-state index in [4.69, 9.17) is 10.00 Å². The number of Topliss-reactive ketones (excluding diaryl/α,β-unsaturated/α-hetero) is 1. The Balaban J connectivity index is 0.00000151. The Morgan fingerprint density at radius 3 is 1.88 bits per heavy atom. The van der Waals surface area contributed by atoms with Gasteiger partial charge in [-0.25, -0.2) is 4.79 Å². The Kier molecular flexibility index (Phi) is 8.24. The van der Waals surface area contributed by atoms with Crippen LogP contribution in [0.2, 0.25) is 0 Å². The number of nitrogens with one attached hydrogen (secondary N) is 2. The fraction of sp³-hybridized carbons (Fsp3) is 0.211. The molecule has 0 saturated heterocycles. The molecule has 6 heteroatoms. The van der Waals surface area contributed by atoms with Crippen molar-refractivity contribution < 1.29 is 14.3 Å². The van der Waals surface area contributed by atoms with Gasteiger partial charge < -0.3 is 15.4 Å². The highest BCUT2D eigenvalue weighted by Crippen LogP contribution is 2.16. The SMILES string of the molecule is CC.CC(=O)c1ccc(NC(=O)Nc2ccc(OCC#N)cc2)cc1. The summed E-state index contributed by atoms with van der Waals surface area (Å²) in [4.78, 5) is 23.1. The molecule has 0 unspecified atom stereocenters. The number of urea groups is 1. The summed E-state index contributed by atoms with van der Waals surface area (Å²) < 4.78 is 5.12. The maximum absolute atomic E-state index is 11.9. The second-order valence-corrected chi connectivity index (χ2v) is 4.68. The number of carbonyl (C=O) groups is 2. The first-order valence-electron chi connectivity index (χ1n) is 7.87. The fourth-order valence-electron chi connectivity index (χ4n) is 1.83. The lowest BCUT2D eigenvalue weighted by atomic mass is 10.1. The molecule has 0 aliphatic heterocycles. The van der Waals surface area contributed by atoms with Gasteiger partial charge in [0.25, 0.3) is 0 Å². The molecule has 2 amide bonds. The molecule has 0 atom stereocenters. The zero-order chi connectivity index (χ0) is 18.7. The van der Waals surface area contributed by atoms with Crippen LogP contribution in [0.4, 0.5) is 16.2 Å². The molecule has 0 spiro atoms. The van der Waals surface area contributed by atoms with Gasteiger partial charge in [0.05, 0.1) is 0 Å². The molecule has 0 heterocycles. The number of ketones is 1. The van der Waals surface area contributed by atoms with Crippen molar-refractivity contribution >= 4 is 23.2 Å². The summed E-state index contributed by atoms with van der Waals surface area (Å²) in [6, 6.07) is 14.8. The molecule has 6 nitrogen and oxygen atoms in total. The average Bonchev–Trinajstić information content (AvgIpc) is 2.63. The zero-order valence-corrected chi connectivity index (χ0v) is 14.5. The normalized spacial score (nSPS) is 9.04. The van der Waals surface area contributed by atoms with E-state index in [1.807, 2.05) is 19.9 Å². The zero-order valence-electron chi connectivity index (χ0n) is 14.5. The molecule has 130 valence electrons. The minimum atomic E-state index is -0.397.